The van der Waals surface area contributed by atoms with Crippen molar-refractivity contribution in [2.24, 2.45) is 17.4 Å². The zero-order valence-corrected chi connectivity index (χ0v) is 22.2. The number of nitrogens with one attached hydrogen (secondary N) is 1. The van der Waals surface area contributed by atoms with Gasteiger partial charge in [0.2, 0.25) is 0 Å². The van der Waals surface area contributed by atoms with Crippen LogP contribution in [0.4, 0.5) is 0 Å². The maximum absolute atomic E-state index is 13.4. The van der Waals surface area contributed by atoms with Gasteiger partial charge in [-0.05, 0) is 76.9 Å². The van der Waals surface area contributed by atoms with Crippen molar-refractivity contribution in [2.45, 2.75) is 31.8 Å². The Hall–Kier alpha value is -4.19. The van der Waals surface area contributed by atoms with Crippen LogP contribution < -0.4 is 16.8 Å². The lowest BCUT2D eigenvalue weighted by atomic mass is 9.88. The van der Waals surface area contributed by atoms with Crippen molar-refractivity contribution >= 4 is 11.6 Å². The smallest absolute Gasteiger partial charge is 0.251 e. The molecular weight excluding hydrogens is 482 g/mol. The lowest BCUT2D eigenvalue weighted by Crippen LogP contribution is -2.43. The van der Waals surface area contributed by atoms with Crippen LogP contribution in [0.3, 0.4) is 0 Å². The average Bonchev–Trinajstić information content (AvgIpc) is 2.98. The second-order valence-electron chi connectivity index (χ2n) is 9.96. The minimum absolute atomic E-state index is 0.0516. The molecule has 0 aromatic heterocycles. The van der Waals surface area contributed by atoms with Crippen LogP contribution in [-0.4, -0.2) is 23.7 Å². The topological polar surface area (TPSA) is 101 Å². The van der Waals surface area contributed by atoms with Crippen molar-refractivity contribution < 1.29 is 9.90 Å². The van der Waals surface area contributed by atoms with Gasteiger partial charge in [-0.1, -0.05) is 85.4 Å². The average molecular weight is 520 g/mol. The number of benzene rings is 4. The molecule has 0 saturated heterocycles. The van der Waals surface area contributed by atoms with Crippen molar-refractivity contribution in [3.8, 4) is 11.1 Å². The number of aryl methyl sites for hydroxylation is 1. The molecule has 0 saturated carbocycles. The molecule has 2 unspecified atom stereocenters. The van der Waals surface area contributed by atoms with Crippen molar-refractivity contribution in [3.05, 3.63) is 138 Å². The molecule has 1 amide bonds. The summed E-state index contributed by atoms with van der Waals surface area (Å²) in [6.07, 6.45) is 2.10. The third kappa shape index (κ3) is 7.66. The van der Waals surface area contributed by atoms with E-state index in [1.54, 1.807) is 0 Å². The third-order valence-electron chi connectivity index (χ3n) is 7.15. The van der Waals surface area contributed by atoms with E-state index in [-0.39, 0.29) is 24.5 Å². The summed E-state index contributed by atoms with van der Waals surface area (Å²) in [5, 5.41) is 13.7. The number of aliphatic hydroxyl groups excluding tert-OH is 1. The van der Waals surface area contributed by atoms with Crippen LogP contribution in [0.2, 0.25) is 0 Å². The van der Waals surface area contributed by atoms with E-state index in [0.29, 0.717) is 30.6 Å². The van der Waals surface area contributed by atoms with Crippen LogP contribution in [0.15, 0.2) is 110 Å². The summed E-state index contributed by atoms with van der Waals surface area (Å²) in [6.45, 7) is 4.27. The molecule has 39 heavy (non-hydrogen) atoms. The lowest BCUT2D eigenvalue weighted by Gasteiger charge is -2.27. The van der Waals surface area contributed by atoms with Gasteiger partial charge in [0.25, 0.3) is 5.91 Å². The second kappa shape index (κ2) is 13.6. The molecule has 0 aliphatic heterocycles. The molecule has 0 fully saturated rings. The van der Waals surface area contributed by atoms with Gasteiger partial charge in [0.15, 0.2) is 0 Å². The Morgan fingerprint density at radius 2 is 1.49 bits per heavy atom. The molecule has 6 N–H and O–H groups in total. The van der Waals surface area contributed by atoms with Gasteiger partial charge in [-0.25, -0.2) is 0 Å². The lowest BCUT2D eigenvalue weighted by molar-refractivity contribution is 0.0898. The molecule has 0 spiro atoms. The quantitative estimate of drug-likeness (QED) is 0.203. The van der Waals surface area contributed by atoms with Crippen LogP contribution in [0.5, 0.6) is 0 Å². The number of nitrogens with two attached hydrogens (primary N) is 2. The highest BCUT2D eigenvalue weighted by molar-refractivity contribution is 5.95. The minimum atomic E-state index is -0.228. The van der Waals surface area contributed by atoms with E-state index >= 15 is 0 Å². The van der Waals surface area contributed by atoms with Gasteiger partial charge in [0.05, 0.1) is 0 Å². The van der Waals surface area contributed by atoms with E-state index in [1.165, 1.54) is 5.56 Å². The fourth-order valence-corrected chi connectivity index (χ4v) is 4.87. The zero-order valence-electron chi connectivity index (χ0n) is 22.2. The molecule has 2 atom stereocenters. The molecule has 0 aliphatic carbocycles. The highest BCUT2D eigenvalue weighted by Crippen LogP contribution is 2.23. The monoisotopic (exact) mass is 519 g/mol. The highest BCUT2D eigenvalue weighted by Gasteiger charge is 2.24. The molecule has 0 bridgehead atoms. The molecule has 5 heteroatoms. The highest BCUT2D eigenvalue weighted by atomic mass is 16.3. The first-order valence-electron chi connectivity index (χ1n) is 13.4. The SMILES string of the molecule is C=C(N)c1cccc(CC(CO)C(CCc2ccccc2)NC(=O)c2ccc(-c3cccc(CN)c3)cc2)c1. The fourth-order valence-electron chi connectivity index (χ4n) is 4.87. The maximum Gasteiger partial charge on any atom is 0.251 e. The standard InChI is InChI=1S/C34H37N3O2/c1-24(36)30-11-5-9-26(19-30)20-32(23-38)33(18-13-25-7-3-2-4-8-25)37-34(39)29-16-14-28(15-17-29)31-12-6-10-27(21-31)22-35/h2-12,14-17,19,21,32-33,38H,1,13,18,20,22-23,35-36H2,(H,37,39). The summed E-state index contributed by atoms with van der Waals surface area (Å²) in [4.78, 5) is 13.4. The number of hydrogen-bond donors (Lipinski definition) is 4. The molecule has 200 valence electrons. The largest absolute Gasteiger partial charge is 0.399 e. The van der Waals surface area contributed by atoms with Crippen LogP contribution >= 0.6 is 0 Å². The maximum atomic E-state index is 13.4. The van der Waals surface area contributed by atoms with Crippen molar-refractivity contribution in [2.75, 3.05) is 6.61 Å². The Balaban J connectivity index is 1.52. The molecule has 4 aromatic rings. The van der Waals surface area contributed by atoms with E-state index < -0.39 is 0 Å². The molecule has 0 heterocycles. The molecule has 4 rings (SSSR count). The van der Waals surface area contributed by atoms with E-state index in [9.17, 15) is 9.90 Å². The van der Waals surface area contributed by atoms with Crippen LogP contribution in [0, 0.1) is 5.92 Å². The minimum Gasteiger partial charge on any atom is -0.399 e. The summed E-state index contributed by atoms with van der Waals surface area (Å²) in [5.74, 6) is -0.324. The van der Waals surface area contributed by atoms with Gasteiger partial charge in [0, 0.05) is 36.4 Å². The van der Waals surface area contributed by atoms with E-state index in [4.69, 9.17) is 11.5 Å². The number of carbonyl (C=O) groups excluding carboxylic acids is 1. The number of rotatable bonds is 12. The number of aliphatic hydroxyl groups is 1. The summed E-state index contributed by atoms with van der Waals surface area (Å²) >= 11 is 0. The Kier molecular flexibility index (Phi) is 9.68. The van der Waals surface area contributed by atoms with Gasteiger partial charge >= 0.3 is 0 Å². The van der Waals surface area contributed by atoms with Crippen LogP contribution in [0.25, 0.3) is 16.8 Å². The second-order valence-corrected chi connectivity index (χ2v) is 9.96. The van der Waals surface area contributed by atoms with E-state index in [2.05, 4.69) is 30.1 Å². The molecule has 0 radical (unpaired) electrons. The fraction of sp³-hybridized carbons (Fsp3) is 0.206. The zero-order chi connectivity index (χ0) is 27.6. The molecule has 0 aliphatic rings. The third-order valence-corrected chi connectivity index (χ3v) is 7.15. The number of carbonyl (C=O) groups is 1. The summed E-state index contributed by atoms with van der Waals surface area (Å²) in [6, 6.07) is 33.5. The number of amides is 1. The van der Waals surface area contributed by atoms with Gasteiger partial charge in [-0.2, -0.15) is 0 Å². The first-order valence-corrected chi connectivity index (χ1v) is 13.4. The Labute approximate surface area is 231 Å². The number of hydrogen-bond acceptors (Lipinski definition) is 4. The first kappa shape index (κ1) is 27.8. The molecule has 5 nitrogen and oxygen atoms in total. The van der Waals surface area contributed by atoms with Gasteiger partial charge in [-0.15, -0.1) is 0 Å². The van der Waals surface area contributed by atoms with Gasteiger partial charge < -0.3 is 21.9 Å². The Bertz CT molecular complexity index is 1380. The predicted octanol–water partition coefficient (Wildman–Crippen LogP) is 5.32. The first-order chi connectivity index (χ1) is 19.0. The Morgan fingerprint density at radius 3 is 2.18 bits per heavy atom. The van der Waals surface area contributed by atoms with E-state index in [1.807, 2.05) is 84.9 Å². The van der Waals surface area contributed by atoms with Crippen LogP contribution in [0.1, 0.15) is 39.0 Å². The summed E-state index contributed by atoms with van der Waals surface area (Å²) in [5.41, 5.74) is 19.0. The Morgan fingerprint density at radius 1 is 0.795 bits per heavy atom. The predicted molar refractivity (Wildman–Crippen MR) is 160 cm³/mol. The van der Waals surface area contributed by atoms with Gasteiger partial charge in [0.1, 0.15) is 0 Å². The van der Waals surface area contributed by atoms with Gasteiger partial charge in [-0.3, -0.25) is 4.79 Å². The van der Waals surface area contributed by atoms with Crippen LogP contribution in [-0.2, 0) is 19.4 Å². The van der Waals surface area contributed by atoms with Crippen molar-refractivity contribution in [1.29, 1.82) is 0 Å². The molecular formula is C34H37N3O2. The van der Waals surface area contributed by atoms with Crippen molar-refractivity contribution in [1.82, 2.24) is 5.32 Å². The summed E-state index contributed by atoms with van der Waals surface area (Å²) < 4.78 is 0. The summed E-state index contributed by atoms with van der Waals surface area (Å²) in [7, 11) is 0. The normalized spacial score (nSPS) is 12.5. The van der Waals surface area contributed by atoms with Crippen molar-refractivity contribution in [3.63, 3.8) is 0 Å². The van der Waals surface area contributed by atoms with E-state index in [0.717, 1.165) is 34.2 Å². The molecule has 4 aromatic carbocycles.